The van der Waals surface area contributed by atoms with Crippen LogP contribution in [0.25, 0.3) is 12.2 Å². The zero-order valence-electron chi connectivity index (χ0n) is 20.0. The highest BCUT2D eigenvalue weighted by atomic mass is 16.6. The fourth-order valence-corrected chi connectivity index (χ4v) is 3.37. The normalized spacial score (nSPS) is 13.9. The maximum Gasteiger partial charge on any atom is 0.363 e. The average molecular weight is 498 g/mol. The number of nitrogens with zero attached hydrogens (tertiary/aromatic N) is 2. The highest BCUT2D eigenvalue weighted by Crippen LogP contribution is 2.30. The van der Waals surface area contributed by atoms with Gasteiger partial charge in [-0.1, -0.05) is 23.8 Å². The standard InChI is InChI=1S/C28H22N2O7/c1-3-35-25-17-20(16-23-28(32)37-27(29-23)21-10-4-18(2)5-11-21)8-14-24(25)36-26(31)15-9-19-6-12-22(13-7-19)30(33)34/h4-17H,3H2,1-2H3/b15-9+,23-16-. The third-order valence-electron chi connectivity index (χ3n) is 5.22. The summed E-state index contributed by atoms with van der Waals surface area (Å²) in [5.74, 6) is -0.493. The van der Waals surface area contributed by atoms with E-state index in [-0.39, 0.29) is 23.0 Å². The minimum absolute atomic E-state index is 0.0425. The van der Waals surface area contributed by atoms with Crippen molar-refractivity contribution in [3.8, 4) is 11.5 Å². The maximum atomic E-state index is 12.4. The third-order valence-corrected chi connectivity index (χ3v) is 5.22. The second-order valence-corrected chi connectivity index (χ2v) is 7.94. The molecule has 0 bridgehead atoms. The van der Waals surface area contributed by atoms with Gasteiger partial charge < -0.3 is 14.2 Å². The molecule has 0 atom stereocenters. The van der Waals surface area contributed by atoms with Crippen LogP contribution in [0.4, 0.5) is 5.69 Å². The summed E-state index contributed by atoms with van der Waals surface area (Å²) in [5.41, 5.74) is 3.07. The van der Waals surface area contributed by atoms with Gasteiger partial charge in [0, 0.05) is 23.8 Å². The van der Waals surface area contributed by atoms with Crippen molar-refractivity contribution in [2.75, 3.05) is 6.61 Å². The molecule has 0 radical (unpaired) electrons. The Bertz CT molecular complexity index is 1440. The summed E-state index contributed by atoms with van der Waals surface area (Å²) in [6.45, 7) is 4.07. The molecule has 0 amide bonds. The Balaban J connectivity index is 1.50. The van der Waals surface area contributed by atoms with E-state index in [4.69, 9.17) is 14.2 Å². The van der Waals surface area contributed by atoms with Crippen LogP contribution < -0.4 is 9.47 Å². The molecule has 0 aromatic heterocycles. The zero-order chi connectivity index (χ0) is 26.4. The lowest BCUT2D eigenvalue weighted by Crippen LogP contribution is -2.06. The molecule has 1 aliphatic rings. The first-order chi connectivity index (χ1) is 17.8. The summed E-state index contributed by atoms with van der Waals surface area (Å²) in [4.78, 5) is 39.3. The molecule has 9 nitrogen and oxygen atoms in total. The van der Waals surface area contributed by atoms with E-state index in [1.807, 2.05) is 31.2 Å². The molecular weight excluding hydrogens is 476 g/mol. The zero-order valence-corrected chi connectivity index (χ0v) is 20.0. The highest BCUT2D eigenvalue weighted by Gasteiger charge is 2.24. The molecule has 37 heavy (non-hydrogen) atoms. The minimum Gasteiger partial charge on any atom is -0.490 e. The maximum absolute atomic E-state index is 12.4. The molecule has 1 heterocycles. The number of carbonyl (C=O) groups is 2. The second kappa shape index (κ2) is 11.1. The van der Waals surface area contributed by atoms with Gasteiger partial charge in [0.1, 0.15) is 0 Å². The van der Waals surface area contributed by atoms with E-state index < -0.39 is 16.9 Å². The molecule has 0 N–H and O–H groups in total. The number of nitro groups is 1. The van der Waals surface area contributed by atoms with Crippen LogP contribution in [0.5, 0.6) is 11.5 Å². The lowest BCUT2D eigenvalue weighted by Gasteiger charge is -2.10. The first kappa shape index (κ1) is 25.1. The van der Waals surface area contributed by atoms with Gasteiger partial charge in [0.2, 0.25) is 5.90 Å². The van der Waals surface area contributed by atoms with Gasteiger partial charge >= 0.3 is 11.9 Å². The van der Waals surface area contributed by atoms with E-state index in [9.17, 15) is 19.7 Å². The van der Waals surface area contributed by atoms with Gasteiger partial charge in [-0.2, -0.15) is 0 Å². The molecule has 4 rings (SSSR count). The van der Waals surface area contributed by atoms with Crippen molar-refractivity contribution in [3.05, 3.63) is 111 Å². The molecule has 0 saturated heterocycles. The summed E-state index contributed by atoms with van der Waals surface area (Å²) in [6, 6.07) is 18.1. The number of cyclic esters (lactones) is 1. The third kappa shape index (κ3) is 6.34. The lowest BCUT2D eigenvalue weighted by atomic mass is 10.1. The van der Waals surface area contributed by atoms with Crippen molar-refractivity contribution in [1.29, 1.82) is 0 Å². The molecule has 3 aromatic rings. The van der Waals surface area contributed by atoms with Crippen molar-refractivity contribution >= 4 is 35.7 Å². The van der Waals surface area contributed by atoms with E-state index >= 15 is 0 Å². The summed E-state index contributed by atoms with van der Waals surface area (Å²) >= 11 is 0. The molecule has 0 fully saturated rings. The van der Waals surface area contributed by atoms with E-state index in [0.29, 0.717) is 29.0 Å². The Kier molecular flexibility index (Phi) is 7.53. The van der Waals surface area contributed by atoms with E-state index in [1.54, 1.807) is 31.2 Å². The molecular formula is C28H22N2O7. The van der Waals surface area contributed by atoms with E-state index in [1.165, 1.54) is 36.4 Å². The van der Waals surface area contributed by atoms with Gasteiger partial charge in [-0.05, 0) is 73.5 Å². The van der Waals surface area contributed by atoms with Crippen LogP contribution in [-0.4, -0.2) is 29.4 Å². The van der Waals surface area contributed by atoms with Crippen LogP contribution in [0.3, 0.4) is 0 Å². The van der Waals surface area contributed by atoms with Crippen LogP contribution in [0.2, 0.25) is 0 Å². The number of hydrogen-bond donors (Lipinski definition) is 0. The SMILES string of the molecule is CCOc1cc(/C=C2\N=C(c3ccc(C)cc3)OC2=O)ccc1OC(=O)/C=C/c1ccc([N+](=O)[O-])cc1. The van der Waals surface area contributed by atoms with Crippen molar-refractivity contribution in [3.63, 3.8) is 0 Å². The van der Waals surface area contributed by atoms with Gasteiger partial charge in [-0.3, -0.25) is 10.1 Å². The molecule has 0 saturated carbocycles. The van der Waals surface area contributed by atoms with Crippen molar-refractivity contribution in [2.45, 2.75) is 13.8 Å². The molecule has 0 aliphatic carbocycles. The Morgan fingerprint density at radius 1 is 1.03 bits per heavy atom. The van der Waals surface area contributed by atoms with Gasteiger partial charge in [-0.15, -0.1) is 0 Å². The topological polar surface area (TPSA) is 117 Å². The predicted molar refractivity (Wildman–Crippen MR) is 137 cm³/mol. The van der Waals surface area contributed by atoms with Crippen LogP contribution >= 0.6 is 0 Å². The van der Waals surface area contributed by atoms with Crippen molar-refractivity contribution in [2.24, 2.45) is 4.99 Å². The first-order valence-electron chi connectivity index (χ1n) is 11.3. The van der Waals surface area contributed by atoms with Crippen molar-refractivity contribution in [1.82, 2.24) is 0 Å². The minimum atomic E-state index is -0.655. The summed E-state index contributed by atoms with van der Waals surface area (Å²) in [7, 11) is 0. The number of ether oxygens (including phenoxy) is 3. The van der Waals surface area contributed by atoms with Crippen LogP contribution in [-0.2, 0) is 14.3 Å². The number of hydrogen-bond acceptors (Lipinski definition) is 8. The molecule has 3 aromatic carbocycles. The first-order valence-corrected chi connectivity index (χ1v) is 11.3. The highest BCUT2D eigenvalue weighted by molar-refractivity contribution is 6.12. The van der Waals surface area contributed by atoms with Gasteiger partial charge in [0.15, 0.2) is 17.2 Å². The quantitative estimate of drug-likeness (QED) is 0.137. The Morgan fingerprint density at radius 3 is 2.41 bits per heavy atom. The van der Waals surface area contributed by atoms with E-state index in [2.05, 4.69) is 4.99 Å². The number of esters is 2. The van der Waals surface area contributed by atoms with Crippen molar-refractivity contribution < 1.29 is 28.7 Å². The summed E-state index contributed by atoms with van der Waals surface area (Å²) < 4.78 is 16.3. The molecule has 186 valence electrons. The number of rotatable bonds is 8. The van der Waals surface area contributed by atoms with Gasteiger partial charge in [-0.25, -0.2) is 14.6 Å². The number of carbonyl (C=O) groups excluding carboxylic acids is 2. The molecule has 0 unspecified atom stereocenters. The van der Waals surface area contributed by atoms with E-state index in [0.717, 1.165) is 5.56 Å². The average Bonchev–Trinajstić information content (AvgIpc) is 3.25. The van der Waals surface area contributed by atoms with Crippen LogP contribution in [0.15, 0.2) is 83.5 Å². The number of aliphatic imine (C=N–C) groups is 1. The fraction of sp³-hybridized carbons (Fsp3) is 0.107. The van der Waals surface area contributed by atoms with Crippen LogP contribution in [0, 0.1) is 17.0 Å². The Hall–Kier alpha value is -5.05. The number of aryl methyl sites for hydroxylation is 1. The number of non-ortho nitro benzene ring substituents is 1. The summed E-state index contributed by atoms with van der Waals surface area (Å²) in [5, 5.41) is 10.8. The molecule has 0 spiro atoms. The Morgan fingerprint density at radius 2 is 1.73 bits per heavy atom. The van der Waals surface area contributed by atoms with Gasteiger partial charge in [0.05, 0.1) is 11.5 Å². The fourth-order valence-electron chi connectivity index (χ4n) is 3.37. The largest absolute Gasteiger partial charge is 0.490 e. The summed E-state index contributed by atoms with van der Waals surface area (Å²) in [6.07, 6.45) is 4.26. The molecule has 1 aliphatic heterocycles. The number of nitro benzene ring substituents is 1. The Labute approximate surface area is 212 Å². The van der Waals surface area contributed by atoms with Gasteiger partial charge in [0.25, 0.3) is 5.69 Å². The predicted octanol–water partition coefficient (Wildman–Crippen LogP) is 5.27. The number of benzene rings is 3. The van der Waals surface area contributed by atoms with Crippen LogP contribution in [0.1, 0.15) is 29.2 Å². The smallest absolute Gasteiger partial charge is 0.363 e. The lowest BCUT2D eigenvalue weighted by molar-refractivity contribution is -0.384. The second-order valence-electron chi connectivity index (χ2n) is 7.94. The monoisotopic (exact) mass is 498 g/mol. The molecule has 9 heteroatoms.